The topological polar surface area (TPSA) is 202 Å². The number of sulfone groups is 1. The summed E-state index contributed by atoms with van der Waals surface area (Å²) in [6.07, 6.45) is 7.25. The van der Waals surface area contributed by atoms with Gasteiger partial charge in [0.25, 0.3) is 5.91 Å². The maximum Gasteiger partial charge on any atom is 0.255 e. The Labute approximate surface area is 426 Å². The number of imide groups is 1. The van der Waals surface area contributed by atoms with Crippen LogP contribution in [-0.4, -0.2) is 126 Å². The van der Waals surface area contributed by atoms with Crippen LogP contribution in [0.5, 0.6) is 11.5 Å². The van der Waals surface area contributed by atoms with E-state index in [4.69, 9.17) is 25.8 Å². The molecule has 0 aliphatic carbocycles. The summed E-state index contributed by atoms with van der Waals surface area (Å²) in [4.78, 5) is 66.1. The van der Waals surface area contributed by atoms with Crippen molar-refractivity contribution >= 4 is 68.2 Å². The van der Waals surface area contributed by atoms with Crippen molar-refractivity contribution in [2.75, 3.05) is 56.6 Å². The average Bonchev–Trinajstić information content (AvgIpc) is 3.66. The summed E-state index contributed by atoms with van der Waals surface area (Å²) >= 11 is 6.53. The first kappa shape index (κ1) is 51.1. The molecule has 3 fully saturated rings. The number of likely N-dealkylation sites (tertiary alicyclic amines) is 2. The van der Waals surface area contributed by atoms with Crippen LogP contribution in [-0.2, 0) is 41.9 Å². The van der Waals surface area contributed by atoms with Gasteiger partial charge in [0.2, 0.25) is 23.7 Å². The predicted octanol–water partition coefficient (Wildman–Crippen LogP) is 7.63. The molecule has 1 spiro atoms. The molecule has 5 aliphatic rings. The van der Waals surface area contributed by atoms with Crippen LogP contribution in [0.1, 0.15) is 118 Å². The van der Waals surface area contributed by atoms with Crippen molar-refractivity contribution in [3.05, 3.63) is 87.6 Å². The number of anilines is 4. The summed E-state index contributed by atoms with van der Waals surface area (Å²) < 4.78 is 45.3. The molecule has 3 N–H and O–H groups in total. The number of piperidine rings is 3. The Hall–Kier alpha value is -5.82. The average molecular weight is 1030 g/mol. The van der Waals surface area contributed by atoms with Crippen LogP contribution in [0.15, 0.2) is 59.6 Å². The van der Waals surface area contributed by atoms with Crippen molar-refractivity contribution in [1.82, 2.24) is 30.0 Å². The zero-order chi connectivity index (χ0) is 50.9. The number of hydrogen-bond donors (Lipinski definition) is 3. The minimum Gasteiger partial charge on any atom is -0.489 e. The number of aromatic nitrogens is 2. The van der Waals surface area contributed by atoms with Gasteiger partial charge in [-0.2, -0.15) is 4.98 Å². The highest BCUT2D eigenvalue weighted by atomic mass is 35.5. The van der Waals surface area contributed by atoms with E-state index in [1.54, 1.807) is 43.0 Å². The number of carbonyl (C=O) groups is 4. The van der Waals surface area contributed by atoms with Crippen LogP contribution < -0.4 is 25.4 Å². The molecule has 384 valence electrons. The van der Waals surface area contributed by atoms with Gasteiger partial charge in [-0.05, 0) is 144 Å². The molecule has 17 nitrogen and oxygen atoms in total. The van der Waals surface area contributed by atoms with Crippen LogP contribution in [0.4, 0.5) is 23.1 Å². The molecule has 0 saturated carbocycles. The van der Waals surface area contributed by atoms with Crippen LogP contribution in [0.25, 0.3) is 0 Å². The quantitative estimate of drug-likeness (QED) is 0.0731. The van der Waals surface area contributed by atoms with Gasteiger partial charge in [0.05, 0.1) is 53.5 Å². The van der Waals surface area contributed by atoms with E-state index >= 15 is 0 Å². The summed E-state index contributed by atoms with van der Waals surface area (Å²) in [5.74, 6) is 1.39. The number of benzene rings is 3. The second-order valence-corrected chi connectivity index (χ2v) is 23.1. The number of amides is 4. The molecule has 1 atom stereocenters. The van der Waals surface area contributed by atoms with Crippen molar-refractivity contribution in [1.29, 1.82) is 0 Å². The Morgan fingerprint density at radius 1 is 0.931 bits per heavy atom. The van der Waals surface area contributed by atoms with E-state index in [0.29, 0.717) is 92.9 Å². The standard InChI is InChI=1S/C53H65ClN8O9S/c1-32(2)70-45-28-38(34(5)26-42(45)57-52-55-30-40(54)49(59-52)56-41-8-6-7-9-46(41)72(67,68)33(3)4)35-13-19-60(20-14-35)23-25-69-24-15-48(64)61-21-17-53(18-22-61)16-12-36-27-37-31-62(43-10-11-47(63)58-50(43)65)51(66)39(37)29-44(36)71-53/h6-9,26-30,32-33,35,43H,10-25,31H2,1-5H3,(H,58,63,65)(H2,55,56,57,59). The smallest absolute Gasteiger partial charge is 0.255 e. The molecule has 1 aromatic heterocycles. The number of hydrogen-bond acceptors (Lipinski definition) is 14. The Morgan fingerprint density at radius 2 is 1.69 bits per heavy atom. The lowest BCUT2D eigenvalue weighted by Crippen LogP contribution is -2.52. The fourth-order valence-electron chi connectivity index (χ4n) is 10.6. The van der Waals surface area contributed by atoms with Gasteiger partial charge in [-0.3, -0.25) is 24.5 Å². The molecule has 72 heavy (non-hydrogen) atoms. The number of carbonyl (C=O) groups excluding carboxylic acids is 4. The highest BCUT2D eigenvalue weighted by molar-refractivity contribution is 7.92. The number of para-hydroxylation sites is 1. The normalized spacial score (nSPS) is 19.3. The summed E-state index contributed by atoms with van der Waals surface area (Å²) in [5, 5.41) is 8.43. The van der Waals surface area contributed by atoms with Gasteiger partial charge in [-0.25, -0.2) is 13.4 Å². The van der Waals surface area contributed by atoms with Gasteiger partial charge in [0.15, 0.2) is 15.7 Å². The number of nitrogens with one attached hydrogen (secondary N) is 3. The zero-order valence-electron chi connectivity index (χ0n) is 41.7. The second kappa shape index (κ2) is 21.3. The van der Waals surface area contributed by atoms with Crippen LogP contribution in [0.3, 0.4) is 0 Å². The monoisotopic (exact) mass is 1020 g/mol. The fourth-order valence-corrected chi connectivity index (χ4v) is 11.9. The van der Waals surface area contributed by atoms with Gasteiger partial charge in [-0.1, -0.05) is 23.7 Å². The number of fused-ring (bicyclic) bond motifs is 2. The van der Waals surface area contributed by atoms with Gasteiger partial charge in [0.1, 0.15) is 28.2 Å². The third-order valence-corrected chi connectivity index (χ3v) is 17.2. The molecule has 0 radical (unpaired) electrons. The second-order valence-electron chi connectivity index (χ2n) is 20.3. The molecule has 6 heterocycles. The molecule has 5 aliphatic heterocycles. The third-order valence-electron chi connectivity index (χ3n) is 14.7. The van der Waals surface area contributed by atoms with Crippen LogP contribution in [0, 0.1) is 6.92 Å². The minimum atomic E-state index is -3.58. The number of nitrogens with zero attached hydrogens (tertiary/aromatic N) is 5. The van der Waals surface area contributed by atoms with E-state index in [0.717, 1.165) is 62.0 Å². The summed E-state index contributed by atoms with van der Waals surface area (Å²) in [5.41, 5.74) is 5.51. The third kappa shape index (κ3) is 11.1. The Morgan fingerprint density at radius 3 is 2.43 bits per heavy atom. The van der Waals surface area contributed by atoms with Crippen molar-refractivity contribution in [3.63, 3.8) is 0 Å². The summed E-state index contributed by atoms with van der Waals surface area (Å²) in [7, 11) is -3.58. The molecule has 19 heteroatoms. The lowest BCUT2D eigenvalue weighted by molar-refractivity contribution is -0.137. The van der Waals surface area contributed by atoms with Crippen LogP contribution in [0.2, 0.25) is 5.02 Å². The predicted molar refractivity (Wildman–Crippen MR) is 273 cm³/mol. The van der Waals surface area contributed by atoms with E-state index in [2.05, 4.69) is 49.9 Å². The molecule has 9 rings (SSSR count). The lowest BCUT2D eigenvalue weighted by atomic mass is 9.82. The van der Waals surface area contributed by atoms with Gasteiger partial charge < -0.3 is 39.5 Å². The molecule has 3 saturated heterocycles. The maximum atomic E-state index is 13.5. The van der Waals surface area contributed by atoms with E-state index < -0.39 is 32.6 Å². The molecule has 4 amide bonds. The van der Waals surface area contributed by atoms with Gasteiger partial charge >= 0.3 is 0 Å². The fraction of sp³-hybridized carbons (Fsp3) is 0.509. The maximum absolute atomic E-state index is 13.5. The first-order valence-electron chi connectivity index (χ1n) is 25.2. The Balaban J connectivity index is 0.719. The minimum absolute atomic E-state index is 0.0805. The number of rotatable bonds is 16. The van der Waals surface area contributed by atoms with Gasteiger partial charge in [0, 0.05) is 51.0 Å². The van der Waals surface area contributed by atoms with Crippen molar-refractivity contribution in [2.45, 2.75) is 133 Å². The van der Waals surface area contributed by atoms with Crippen LogP contribution >= 0.6 is 11.6 Å². The molecular formula is C53H65ClN8O9S. The summed E-state index contributed by atoms with van der Waals surface area (Å²) in [6, 6.07) is 14.1. The number of aryl methyl sites for hydroxylation is 2. The molecule has 0 bridgehead atoms. The lowest BCUT2D eigenvalue weighted by Gasteiger charge is -2.44. The summed E-state index contributed by atoms with van der Waals surface area (Å²) in [6.45, 7) is 14.4. The van der Waals surface area contributed by atoms with Crippen molar-refractivity contribution in [2.24, 2.45) is 0 Å². The van der Waals surface area contributed by atoms with Gasteiger partial charge in [-0.15, -0.1) is 0 Å². The van der Waals surface area contributed by atoms with E-state index in [9.17, 15) is 27.6 Å². The molecular weight excluding hydrogens is 960 g/mol. The SMILES string of the molecule is Cc1cc(Nc2ncc(Cl)c(Nc3ccccc3S(=O)(=O)C(C)C)n2)c(OC(C)C)cc1C1CCN(CCOCCC(=O)N2CCC3(CCc4cc5c(cc4O3)C(=O)N(C3CCC(=O)NC3=O)C5)CC2)CC1. The largest absolute Gasteiger partial charge is 0.489 e. The Bertz CT molecular complexity index is 2850. The molecule has 1 unspecified atom stereocenters. The first-order valence-corrected chi connectivity index (χ1v) is 27.2. The first-order chi connectivity index (χ1) is 34.5. The highest BCUT2D eigenvalue weighted by Gasteiger charge is 2.43. The Kier molecular flexibility index (Phi) is 15.1. The highest BCUT2D eigenvalue weighted by Crippen LogP contribution is 2.43. The van der Waals surface area contributed by atoms with Crippen molar-refractivity contribution in [3.8, 4) is 11.5 Å². The zero-order valence-corrected chi connectivity index (χ0v) is 43.3. The molecule has 3 aromatic carbocycles. The molecule has 4 aromatic rings. The number of ether oxygens (including phenoxy) is 3. The van der Waals surface area contributed by atoms with E-state index in [1.807, 2.05) is 30.9 Å². The van der Waals surface area contributed by atoms with E-state index in [1.165, 1.54) is 11.8 Å². The number of halogens is 1. The van der Waals surface area contributed by atoms with E-state index in [-0.39, 0.29) is 51.9 Å². The van der Waals surface area contributed by atoms with Crippen molar-refractivity contribution < 1.29 is 41.8 Å².